The van der Waals surface area contributed by atoms with Gasteiger partial charge in [0.15, 0.2) is 0 Å². The Balaban J connectivity index is 2.05. The van der Waals surface area contributed by atoms with Gasteiger partial charge in [0.2, 0.25) is 0 Å². The minimum Gasteiger partial charge on any atom is -0.364 e. The van der Waals surface area contributed by atoms with E-state index in [-0.39, 0.29) is 17.5 Å². The average molecular weight is 460 g/mol. The molecule has 2 aromatic rings. The molecular formula is C30H41N3O. The Morgan fingerprint density at radius 3 is 2.24 bits per heavy atom. The summed E-state index contributed by atoms with van der Waals surface area (Å²) in [6.45, 7) is 16.9. The third-order valence-electron chi connectivity index (χ3n) is 7.51. The highest BCUT2D eigenvalue weighted by atomic mass is 16.2. The molecule has 1 aliphatic rings. The van der Waals surface area contributed by atoms with Gasteiger partial charge in [-0.15, -0.1) is 0 Å². The Kier molecular flexibility index (Phi) is 7.60. The van der Waals surface area contributed by atoms with Crippen LogP contribution in [0, 0.1) is 6.92 Å². The summed E-state index contributed by atoms with van der Waals surface area (Å²) in [5, 5.41) is 7.11. The summed E-state index contributed by atoms with van der Waals surface area (Å²) in [6.07, 6.45) is 2.54. The van der Waals surface area contributed by atoms with Crippen LogP contribution in [0.2, 0.25) is 0 Å². The zero-order chi connectivity index (χ0) is 25.1. The van der Waals surface area contributed by atoms with E-state index < -0.39 is 5.54 Å². The fourth-order valence-electron chi connectivity index (χ4n) is 4.94. The van der Waals surface area contributed by atoms with Gasteiger partial charge in [0.05, 0.1) is 17.2 Å². The SMILES string of the molecule is C=C(C)/C(C(=O)NC(CC)(CC)c1ccc(C)cc1)=C1/N[C@@H](c2ccccc2)CC(C)(C)N1C. The van der Waals surface area contributed by atoms with Crippen molar-refractivity contribution >= 4 is 5.91 Å². The van der Waals surface area contributed by atoms with E-state index in [0.29, 0.717) is 5.57 Å². The molecule has 3 rings (SSSR count). The average Bonchev–Trinajstić information content (AvgIpc) is 2.81. The van der Waals surface area contributed by atoms with Gasteiger partial charge in [-0.25, -0.2) is 0 Å². The lowest BCUT2D eigenvalue weighted by Crippen LogP contribution is -2.54. The molecule has 1 heterocycles. The molecule has 1 fully saturated rings. The van der Waals surface area contributed by atoms with Gasteiger partial charge in [-0.05, 0) is 63.7 Å². The number of amides is 1. The van der Waals surface area contributed by atoms with Crippen LogP contribution < -0.4 is 10.6 Å². The number of carbonyl (C=O) groups is 1. The molecule has 0 aromatic heterocycles. The first-order valence-corrected chi connectivity index (χ1v) is 12.4. The van der Waals surface area contributed by atoms with Gasteiger partial charge in [-0.1, -0.05) is 80.6 Å². The van der Waals surface area contributed by atoms with Gasteiger partial charge >= 0.3 is 0 Å². The summed E-state index contributed by atoms with van der Waals surface area (Å²) in [5.41, 5.74) is 4.37. The van der Waals surface area contributed by atoms with Crippen molar-refractivity contribution in [3.05, 3.63) is 94.8 Å². The van der Waals surface area contributed by atoms with E-state index in [1.54, 1.807) is 0 Å². The standard InChI is InChI=1S/C30H41N3O/c1-9-30(10-2,24-18-16-22(5)17-19-24)32-28(34)26(21(3)4)27-31-25(20-29(6,7)33(27)8)23-14-12-11-13-15-23/h11-19,25,31H,3,9-10,20H2,1-2,4-8H3,(H,32,34)/b27-26+/t25-/m1/s1. The molecule has 0 spiro atoms. The monoisotopic (exact) mass is 459 g/mol. The molecule has 2 N–H and O–H groups in total. The highest BCUT2D eigenvalue weighted by Crippen LogP contribution is 2.37. The number of nitrogens with zero attached hydrogens (tertiary/aromatic N) is 1. The zero-order valence-electron chi connectivity index (χ0n) is 22.0. The Bertz CT molecular complexity index is 1050. The van der Waals surface area contributed by atoms with Crippen LogP contribution in [0.3, 0.4) is 0 Å². The van der Waals surface area contributed by atoms with Crippen LogP contribution >= 0.6 is 0 Å². The van der Waals surface area contributed by atoms with Gasteiger partial charge in [-0.2, -0.15) is 0 Å². The van der Waals surface area contributed by atoms with Crippen LogP contribution in [-0.4, -0.2) is 23.4 Å². The molecule has 0 bridgehead atoms. The highest BCUT2D eigenvalue weighted by Gasteiger charge is 2.39. The maximum atomic E-state index is 14.0. The van der Waals surface area contributed by atoms with Crippen LogP contribution in [0.5, 0.6) is 0 Å². The number of hydrogen-bond acceptors (Lipinski definition) is 3. The molecule has 1 amide bonds. The molecule has 1 aliphatic heterocycles. The Morgan fingerprint density at radius 1 is 1.12 bits per heavy atom. The Hall–Kier alpha value is -3.01. The fraction of sp³-hybridized carbons (Fsp3) is 0.433. The summed E-state index contributed by atoms with van der Waals surface area (Å²) in [6, 6.07) is 19.1. The van der Waals surface area contributed by atoms with Crippen LogP contribution in [0.1, 0.15) is 76.6 Å². The molecule has 4 heteroatoms. The van der Waals surface area contributed by atoms with Gasteiger partial charge in [0.25, 0.3) is 5.91 Å². The van der Waals surface area contributed by atoms with Gasteiger partial charge < -0.3 is 15.5 Å². The van der Waals surface area contributed by atoms with Gasteiger partial charge in [-0.3, -0.25) is 4.79 Å². The van der Waals surface area contributed by atoms with E-state index in [1.807, 2.05) is 13.0 Å². The Morgan fingerprint density at radius 2 is 1.71 bits per heavy atom. The van der Waals surface area contributed by atoms with Crippen molar-refractivity contribution in [3.63, 3.8) is 0 Å². The molecule has 2 aromatic carbocycles. The smallest absolute Gasteiger partial charge is 0.255 e. The number of carbonyl (C=O) groups excluding carboxylic acids is 1. The highest BCUT2D eigenvalue weighted by molar-refractivity contribution is 5.98. The topological polar surface area (TPSA) is 44.4 Å². The van der Waals surface area contributed by atoms with E-state index in [2.05, 4.69) is 112 Å². The maximum absolute atomic E-state index is 14.0. The zero-order valence-corrected chi connectivity index (χ0v) is 22.0. The van der Waals surface area contributed by atoms with Crippen molar-refractivity contribution in [1.29, 1.82) is 0 Å². The molecule has 34 heavy (non-hydrogen) atoms. The summed E-state index contributed by atoms with van der Waals surface area (Å²) in [7, 11) is 2.06. The first kappa shape index (κ1) is 25.6. The van der Waals surface area contributed by atoms with Crippen LogP contribution in [0.15, 0.2) is 78.1 Å². The molecule has 0 radical (unpaired) electrons. The summed E-state index contributed by atoms with van der Waals surface area (Å²) < 4.78 is 0. The molecule has 4 nitrogen and oxygen atoms in total. The minimum absolute atomic E-state index is 0.0874. The first-order chi connectivity index (χ1) is 16.0. The minimum atomic E-state index is -0.437. The van der Waals surface area contributed by atoms with Crippen molar-refractivity contribution in [3.8, 4) is 0 Å². The van der Waals surface area contributed by atoms with Crippen molar-refractivity contribution in [2.75, 3.05) is 7.05 Å². The van der Waals surface area contributed by atoms with Crippen molar-refractivity contribution in [1.82, 2.24) is 15.5 Å². The third-order valence-corrected chi connectivity index (χ3v) is 7.51. The predicted octanol–water partition coefficient (Wildman–Crippen LogP) is 6.36. The molecular weight excluding hydrogens is 418 g/mol. The van der Waals surface area contributed by atoms with E-state index in [9.17, 15) is 4.79 Å². The van der Waals surface area contributed by atoms with Crippen molar-refractivity contribution in [2.24, 2.45) is 0 Å². The fourth-order valence-corrected chi connectivity index (χ4v) is 4.94. The van der Waals surface area contributed by atoms with Gasteiger partial charge in [0, 0.05) is 12.6 Å². The van der Waals surface area contributed by atoms with Crippen LogP contribution in [-0.2, 0) is 10.3 Å². The van der Waals surface area contributed by atoms with Crippen LogP contribution in [0.25, 0.3) is 0 Å². The molecule has 1 saturated heterocycles. The second kappa shape index (κ2) is 10.1. The van der Waals surface area contributed by atoms with Gasteiger partial charge in [0.1, 0.15) is 5.82 Å². The quantitative estimate of drug-likeness (QED) is 0.474. The molecule has 0 saturated carbocycles. The van der Waals surface area contributed by atoms with Crippen molar-refractivity contribution in [2.45, 2.75) is 77.9 Å². The third kappa shape index (κ3) is 5.06. The van der Waals surface area contributed by atoms with E-state index in [4.69, 9.17) is 0 Å². The van der Waals surface area contributed by atoms with Crippen molar-refractivity contribution < 1.29 is 4.79 Å². The maximum Gasteiger partial charge on any atom is 0.255 e. The molecule has 0 aliphatic carbocycles. The number of benzene rings is 2. The summed E-state index contributed by atoms with van der Waals surface area (Å²) >= 11 is 0. The summed E-state index contributed by atoms with van der Waals surface area (Å²) in [4.78, 5) is 16.2. The number of nitrogens with one attached hydrogen (secondary N) is 2. The second-order valence-corrected chi connectivity index (χ2v) is 10.3. The van der Waals surface area contributed by atoms with Crippen LogP contribution in [0.4, 0.5) is 0 Å². The molecule has 1 atom stereocenters. The lowest BCUT2D eigenvalue weighted by Gasteiger charge is -2.48. The summed E-state index contributed by atoms with van der Waals surface area (Å²) in [5.74, 6) is 0.746. The lowest BCUT2D eigenvalue weighted by molar-refractivity contribution is -0.119. The lowest BCUT2D eigenvalue weighted by atomic mass is 9.83. The number of rotatable bonds is 7. The molecule has 0 unspecified atom stereocenters. The first-order valence-electron chi connectivity index (χ1n) is 12.4. The predicted molar refractivity (Wildman–Crippen MR) is 142 cm³/mol. The van der Waals surface area contributed by atoms with E-state index >= 15 is 0 Å². The second-order valence-electron chi connectivity index (χ2n) is 10.3. The Labute approximate surface area is 206 Å². The molecule has 182 valence electrons. The van der Waals surface area contributed by atoms with E-state index in [0.717, 1.165) is 36.2 Å². The van der Waals surface area contributed by atoms with E-state index in [1.165, 1.54) is 11.1 Å². The number of aryl methyl sites for hydroxylation is 1. The normalized spacial score (nSPS) is 19.3. The largest absolute Gasteiger partial charge is 0.364 e. The number of hydrogen-bond donors (Lipinski definition) is 2.